The van der Waals surface area contributed by atoms with Crippen molar-refractivity contribution in [2.75, 3.05) is 52.3 Å². The van der Waals surface area contributed by atoms with Crippen LogP contribution in [0.4, 0.5) is 5.13 Å². The molecule has 0 radical (unpaired) electrons. The summed E-state index contributed by atoms with van der Waals surface area (Å²) < 4.78 is 33.7. The fourth-order valence-electron chi connectivity index (χ4n) is 4.27. The summed E-state index contributed by atoms with van der Waals surface area (Å²) in [7, 11) is 1.83. The van der Waals surface area contributed by atoms with Crippen LogP contribution in [0.5, 0.6) is 5.75 Å². The van der Waals surface area contributed by atoms with Crippen molar-refractivity contribution in [3.8, 4) is 5.75 Å². The van der Waals surface area contributed by atoms with Gasteiger partial charge in [0.15, 0.2) is 5.13 Å². The quantitative estimate of drug-likeness (QED) is 0.417. The van der Waals surface area contributed by atoms with Crippen LogP contribution in [0.2, 0.25) is 5.02 Å². The Bertz CT molecular complexity index is 1300. The number of sulfonamides is 1. The summed E-state index contributed by atoms with van der Waals surface area (Å²) in [6.45, 7) is 3.73. The lowest BCUT2D eigenvalue weighted by Crippen LogP contribution is -2.46. The first-order valence-corrected chi connectivity index (χ1v) is 14.4. The van der Waals surface area contributed by atoms with Crippen LogP contribution >= 0.6 is 22.9 Å². The average molecular weight is 551 g/mol. The van der Waals surface area contributed by atoms with Gasteiger partial charge in [-0.1, -0.05) is 29.0 Å². The summed E-state index contributed by atoms with van der Waals surface area (Å²) in [5.74, 6) is 0.298. The van der Waals surface area contributed by atoms with E-state index in [2.05, 4.69) is 0 Å². The van der Waals surface area contributed by atoms with Crippen LogP contribution in [0, 0.1) is 12.8 Å². The first-order valence-electron chi connectivity index (χ1n) is 11.8. The molecule has 1 aromatic heterocycles. The molecule has 1 saturated heterocycles. The van der Waals surface area contributed by atoms with E-state index >= 15 is 0 Å². The first-order chi connectivity index (χ1) is 17.1. The van der Waals surface area contributed by atoms with Crippen molar-refractivity contribution in [1.29, 1.82) is 0 Å². The van der Waals surface area contributed by atoms with Gasteiger partial charge >= 0.3 is 0 Å². The van der Waals surface area contributed by atoms with E-state index in [1.54, 1.807) is 29.2 Å². The number of ether oxygens (including phenoxy) is 1. The second kappa shape index (κ2) is 11.0. The number of halogens is 1. The third-order valence-electron chi connectivity index (χ3n) is 6.45. The molecule has 2 heterocycles. The number of nitrogens with zero attached hydrogens (tertiary/aromatic N) is 4. The van der Waals surface area contributed by atoms with Crippen LogP contribution in [0.3, 0.4) is 0 Å². The van der Waals surface area contributed by atoms with Crippen molar-refractivity contribution in [3.63, 3.8) is 0 Å². The van der Waals surface area contributed by atoms with Gasteiger partial charge in [0.05, 0.1) is 27.2 Å². The van der Waals surface area contributed by atoms with Crippen LogP contribution in [0.1, 0.15) is 18.4 Å². The molecule has 2 aromatic carbocycles. The SMILES string of the molecule is COc1ccc(S(=O)(=O)N2CCC(C(=O)N(CCN(C)C)c3nc4c(C)ccc(Cl)c4s3)CC2)cc1. The molecule has 0 N–H and O–H groups in total. The molecule has 11 heteroatoms. The van der Waals surface area contributed by atoms with Gasteiger partial charge in [-0.2, -0.15) is 4.31 Å². The largest absolute Gasteiger partial charge is 0.497 e. The molecule has 0 atom stereocenters. The summed E-state index contributed by atoms with van der Waals surface area (Å²) in [4.78, 5) is 22.5. The third kappa shape index (κ3) is 5.52. The maximum Gasteiger partial charge on any atom is 0.243 e. The summed E-state index contributed by atoms with van der Waals surface area (Å²) in [5, 5.41) is 1.25. The highest BCUT2D eigenvalue weighted by Gasteiger charge is 2.35. The minimum absolute atomic E-state index is 0.0221. The number of methoxy groups -OCH3 is 1. The molecule has 36 heavy (non-hydrogen) atoms. The predicted octanol–water partition coefficient (Wildman–Crippen LogP) is 4.26. The number of carbonyl (C=O) groups excluding carboxylic acids is 1. The smallest absolute Gasteiger partial charge is 0.243 e. The zero-order valence-corrected chi connectivity index (χ0v) is 23.3. The van der Waals surface area contributed by atoms with Gasteiger partial charge in [-0.25, -0.2) is 13.4 Å². The molecule has 0 bridgehead atoms. The Labute approximate surface area is 221 Å². The number of aromatic nitrogens is 1. The zero-order chi connectivity index (χ0) is 26.0. The molecule has 1 fully saturated rings. The van der Waals surface area contributed by atoms with E-state index in [-0.39, 0.29) is 29.8 Å². The number of aryl methyl sites for hydroxylation is 1. The van der Waals surface area contributed by atoms with Gasteiger partial charge < -0.3 is 9.64 Å². The van der Waals surface area contributed by atoms with E-state index in [1.165, 1.54) is 22.8 Å². The first kappa shape index (κ1) is 26.8. The minimum atomic E-state index is -3.64. The average Bonchev–Trinajstić information content (AvgIpc) is 3.33. The van der Waals surface area contributed by atoms with Crippen molar-refractivity contribution in [1.82, 2.24) is 14.2 Å². The number of piperidine rings is 1. The number of anilines is 1. The monoisotopic (exact) mass is 550 g/mol. The van der Waals surface area contributed by atoms with Crippen LogP contribution in [0.15, 0.2) is 41.3 Å². The van der Waals surface area contributed by atoms with E-state index < -0.39 is 10.0 Å². The molecule has 0 saturated carbocycles. The maximum atomic E-state index is 13.7. The number of fused-ring (bicyclic) bond motifs is 1. The predicted molar refractivity (Wildman–Crippen MR) is 145 cm³/mol. The Morgan fingerprint density at radius 1 is 1.14 bits per heavy atom. The second-order valence-corrected chi connectivity index (χ2v) is 12.5. The van der Waals surface area contributed by atoms with Gasteiger partial charge in [0, 0.05) is 32.1 Å². The van der Waals surface area contributed by atoms with Gasteiger partial charge in [-0.15, -0.1) is 0 Å². The Morgan fingerprint density at radius 2 is 1.81 bits per heavy atom. The highest BCUT2D eigenvalue weighted by molar-refractivity contribution is 7.89. The highest BCUT2D eigenvalue weighted by Crippen LogP contribution is 2.37. The van der Waals surface area contributed by atoms with Gasteiger partial charge in [-0.3, -0.25) is 9.69 Å². The number of carbonyl (C=O) groups is 1. The highest BCUT2D eigenvalue weighted by atomic mass is 35.5. The molecule has 1 aliphatic rings. The molecule has 0 unspecified atom stereocenters. The second-order valence-electron chi connectivity index (χ2n) is 9.19. The van der Waals surface area contributed by atoms with Gasteiger partial charge in [0.2, 0.25) is 15.9 Å². The normalized spacial score (nSPS) is 15.5. The van der Waals surface area contributed by atoms with Crippen molar-refractivity contribution in [2.45, 2.75) is 24.7 Å². The molecule has 1 aliphatic heterocycles. The van der Waals surface area contributed by atoms with Crippen molar-refractivity contribution >= 4 is 54.2 Å². The number of amides is 1. The van der Waals surface area contributed by atoms with Crippen LogP contribution < -0.4 is 9.64 Å². The van der Waals surface area contributed by atoms with Crippen molar-refractivity contribution < 1.29 is 17.9 Å². The Morgan fingerprint density at radius 3 is 2.39 bits per heavy atom. The molecule has 194 valence electrons. The summed E-state index contributed by atoms with van der Waals surface area (Å²) in [6, 6.07) is 10.2. The van der Waals surface area contributed by atoms with Crippen molar-refractivity contribution in [2.24, 2.45) is 5.92 Å². The number of benzene rings is 2. The zero-order valence-electron chi connectivity index (χ0n) is 20.9. The molecule has 0 aliphatic carbocycles. The summed E-state index contributed by atoms with van der Waals surface area (Å²) in [5.41, 5.74) is 1.82. The Balaban J connectivity index is 1.52. The number of rotatable bonds is 8. The number of hydrogen-bond acceptors (Lipinski definition) is 7. The molecular weight excluding hydrogens is 520 g/mol. The maximum absolute atomic E-state index is 13.7. The van der Waals surface area contributed by atoms with Crippen molar-refractivity contribution in [3.05, 3.63) is 47.0 Å². The molecule has 1 amide bonds. The van der Waals surface area contributed by atoms with Gasteiger partial charge in [0.25, 0.3) is 0 Å². The van der Waals surface area contributed by atoms with Crippen LogP contribution in [0.25, 0.3) is 10.2 Å². The van der Waals surface area contributed by atoms with Gasteiger partial charge in [-0.05, 0) is 69.8 Å². The Kier molecular flexibility index (Phi) is 8.21. The number of thiazole rings is 1. The molecule has 0 spiro atoms. The number of hydrogen-bond donors (Lipinski definition) is 0. The fraction of sp³-hybridized carbons (Fsp3) is 0.440. The lowest BCUT2D eigenvalue weighted by Gasteiger charge is -2.33. The lowest BCUT2D eigenvalue weighted by molar-refractivity contribution is -0.123. The molecule has 4 rings (SSSR count). The van der Waals surface area contributed by atoms with E-state index in [0.29, 0.717) is 41.8 Å². The molecule has 8 nitrogen and oxygen atoms in total. The summed E-state index contributed by atoms with van der Waals surface area (Å²) in [6.07, 6.45) is 0.911. The van der Waals surface area contributed by atoms with E-state index in [1.807, 2.05) is 38.1 Å². The third-order valence-corrected chi connectivity index (χ3v) is 9.91. The van der Waals surface area contributed by atoms with Gasteiger partial charge in [0.1, 0.15) is 5.75 Å². The van der Waals surface area contributed by atoms with Crippen LogP contribution in [-0.2, 0) is 14.8 Å². The van der Waals surface area contributed by atoms with E-state index in [4.69, 9.17) is 21.3 Å². The van der Waals surface area contributed by atoms with E-state index in [9.17, 15) is 13.2 Å². The molecule has 3 aromatic rings. The summed E-state index contributed by atoms with van der Waals surface area (Å²) >= 11 is 7.84. The standard InChI is InChI=1S/C25H31ClN4O4S2/c1-17-5-10-21(26)23-22(17)27-25(35-23)30(16-15-28(2)3)24(31)18-11-13-29(14-12-18)36(32,33)20-8-6-19(34-4)7-9-20/h5-10,18H,11-16H2,1-4H3. The lowest BCUT2D eigenvalue weighted by atomic mass is 9.96. The topological polar surface area (TPSA) is 83.0 Å². The molecular formula is C25H31ClN4O4S2. The Hall–Kier alpha value is -2.24. The van der Waals surface area contributed by atoms with Crippen LogP contribution in [-0.4, -0.2) is 75.9 Å². The van der Waals surface area contributed by atoms with E-state index in [0.717, 1.165) is 15.8 Å². The number of likely N-dealkylation sites (N-methyl/N-ethyl adjacent to an activating group) is 1. The minimum Gasteiger partial charge on any atom is -0.497 e. The fourth-order valence-corrected chi connectivity index (χ4v) is 7.08.